The van der Waals surface area contributed by atoms with E-state index in [1.165, 1.54) is 0 Å². The van der Waals surface area contributed by atoms with Crippen LogP contribution in [-0.4, -0.2) is 38.6 Å². The number of benzene rings is 1. The Hall–Kier alpha value is -1.08. The first-order valence-corrected chi connectivity index (χ1v) is 8.34. The molecule has 0 spiro atoms. The minimum atomic E-state index is -3.04. The van der Waals surface area contributed by atoms with E-state index in [1.807, 2.05) is 6.07 Å². The van der Waals surface area contributed by atoms with Gasteiger partial charge in [0.15, 0.2) is 16.4 Å². The third-order valence-electron chi connectivity index (χ3n) is 2.64. The van der Waals surface area contributed by atoms with Gasteiger partial charge in [-0.2, -0.15) is 0 Å². The molecule has 19 heavy (non-hydrogen) atoms. The molecule has 1 aromatic rings. The van der Waals surface area contributed by atoms with Crippen LogP contribution in [0.15, 0.2) is 28.7 Å². The van der Waals surface area contributed by atoms with Gasteiger partial charge in [0.25, 0.3) is 0 Å². The van der Waals surface area contributed by atoms with Gasteiger partial charge in [-0.3, -0.25) is 0 Å². The third-order valence-corrected chi connectivity index (χ3v) is 4.87. The smallest absolute Gasteiger partial charge is 0.344 e. The van der Waals surface area contributed by atoms with Gasteiger partial charge in [0.1, 0.15) is 11.9 Å². The van der Waals surface area contributed by atoms with E-state index in [2.05, 4.69) is 15.9 Å². The summed E-state index contributed by atoms with van der Waals surface area (Å²) in [5.41, 5.74) is 0. The zero-order valence-electron chi connectivity index (χ0n) is 10.0. The number of ether oxygens (including phenoxy) is 2. The van der Waals surface area contributed by atoms with Crippen molar-refractivity contribution in [1.29, 1.82) is 0 Å². The summed E-state index contributed by atoms with van der Waals surface area (Å²) in [6.07, 6.45) is -0.172. The topological polar surface area (TPSA) is 69.7 Å². The van der Waals surface area contributed by atoms with Crippen LogP contribution in [0.5, 0.6) is 5.75 Å². The van der Waals surface area contributed by atoms with Crippen LogP contribution >= 0.6 is 15.9 Å². The molecular formula is C12H13BrO5S. The maximum absolute atomic E-state index is 11.5. The molecule has 0 aromatic heterocycles. The lowest BCUT2D eigenvalue weighted by Crippen LogP contribution is -2.23. The quantitative estimate of drug-likeness (QED) is 0.772. The van der Waals surface area contributed by atoms with Gasteiger partial charge in [-0.05, 0) is 24.6 Å². The van der Waals surface area contributed by atoms with Crippen LogP contribution in [0.1, 0.15) is 6.42 Å². The summed E-state index contributed by atoms with van der Waals surface area (Å²) in [6, 6.07) is 7.08. The van der Waals surface area contributed by atoms with Gasteiger partial charge in [0.05, 0.1) is 11.5 Å². The lowest BCUT2D eigenvalue weighted by atomic mass is 10.3. The molecule has 1 atom stereocenters. The number of rotatable bonds is 4. The molecule has 1 aliphatic rings. The minimum absolute atomic E-state index is 0.0808. The van der Waals surface area contributed by atoms with E-state index < -0.39 is 21.9 Å². The largest absolute Gasteiger partial charge is 0.482 e. The first kappa shape index (κ1) is 14.3. The van der Waals surface area contributed by atoms with Gasteiger partial charge >= 0.3 is 5.97 Å². The van der Waals surface area contributed by atoms with E-state index in [-0.39, 0.29) is 18.1 Å². The molecule has 7 heteroatoms. The maximum Gasteiger partial charge on any atom is 0.344 e. The lowest BCUT2D eigenvalue weighted by Gasteiger charge is -2.11. The molecular weight excluding hydrogens is 336 g/mol. The fraction of sp³-hybridized carbons (Fsp3) is 0.417. The number of halogens is 1. The molecule has 1 heterocycles. The number of carbonyl (C=O) groups excluding carboxylic acids is 1. The van der Waals surface area contributed by atoms with Gasteiger partial charge in [-0.1, -0.05) is 22.0 Å². The highest BCUT2D eigenvalue weighted by Crippen LogP contribution is 2.18. The Labute approximate surface area is 119 Å². The predicted octanol–water partition coefficient (Wildman–Crippen LogP) is 1.56. The molecule has 0 radical (unpaired) electrons. The van der Waals surface area contributed by atoms with Crippen molar-refractivity contribution in [3.63, 3.8) is 0 Å². The van der Waals surface area contributed by atoms with Gasteiger partial charge in [0, 0.05) is 4.47 Å². The summed E-state index contributed by atoms with van der Waals surface area (Å²) < 4.78 is 33.6. The highest BCUT2D eigenvalue weighted by Gasteiger charge is 2.30. The monoisotopic (exact) mass is 348 g/mol. The van der Waals surface area contributed by atoms with Crippen molar-refractivity contribution in [2.45, 2.75) is 12.5 Å². The molecule has 1 aliphatic heterocycles. The van der Waals surface area contributed by atoms with Gasteiger partial charge in [-0.25, -0.2) is 13.2 Å². The van der Waals surface area contributed by atoms with Crippen molar-refractivity contribution in [2.75, 3.05) is 18.1 Å². The fourth-order valence-electron chi connectivity index (χ4n) is 1.77. The van der Waals surface area contributed by atoms with Crippen LogP contribution in [0.2, 0.25) is 0 Å². The van der Waals surface area contributed by atoms with Gasteiger partial charge < -0.3 is 9.47 Å². The minimum Gasteiger partial charge on any atom is -0.482 e. The molecule has 5 nitrogen and oxygen atoms in total. The SMILES string of the molecule is O=C(COc1cccc(Br)c1)OC1CCS(=O)(=O)C1. The third kappa shape index (κ3) is 4.50. The molecule has 1 aromatic carbocycles. The van der Waals surface area contributed by atoms with E-state index in [1.54, 1.807) is 18.2 Å². The maximum atomic E-state index is 11.5. The molecule has 0 aliphatic carbocycles. The van der Waals surface area contributed by atoms with Crippen LogP contribution in [-0.2, 0) is 19.4 Å². The van der Waals surface area contributed by atoms with Crippen LogP contribution in [0, 0.1) is 0 Å². The summed E-state index contributed by atoms with van der Waals surface area (Å²) in [6.45, 7) is -0.229. The molecule has 0 saturated carbocycles. The molecule has 0 bridgehead atoms. The van der Waals surface area contributed by atoms with E-state index in [0.717, 1.165) is 4.47 Å². The summed E-state index contributed by atoms with van der Waals surface area (Å²) >= 11 is 3.29. The Morgan fingerprint density at radius 1 is 1.42 bits per heavy atom. The number of sulfone groups is 1. The molecule has 1 saturated heterocycles. The molecule has 0 N–H and O–H groups in total. The van der Waals surface area contributed by atoms with Crippen LogP contribution in [0.4, 0.5) is 0 Å². The highest BCUT2D eigenvalue weighted by atomic mass is 79.9. The Balaban J connectivity index is 1.79. The van der Waals surface area contributed by atoms with Crippen molar-refractivity contribution in [3.8, 4) is 5.75 Å². The molecule has 1 fully saturated rings. The van der Waals surface area contributed by atoms with Crippen LogP contribution in [0.25, 0.3) is 0 Å². The average molecular weight is 349 g/mol. The molecule has 0 amide bonds. The van der Waals surface area contributed by atoms with E-state index in [9.17, 15) is 13.2 Å². The Morgan fingerprint density at radius 3 is 2.84 bits per heavy atom. The fourth-order valence-corrected chi connectivity index (χ4v) is 3.74. The number of hydrogen-bond donors (Lipinski definition) is 0. The van der Waals surface area contributed by atoms with Crippen LogP contribution in [0.3, 0.4) is 0 Å². The first-order valence-electron chi connectivity index (χ1n) is 5.73. The average Bonchev–Trinajstić information content (AvgIpc) is 2.66. The van der Waals surface area contributed by atoms with Crippen molar-refractivity contribution >= 4 is 31.7 Å². The summed E-state index contributed by atoms with van der Waals surface area (Å²) in [5, 5.41) is 0. The molecule has 1 unspecified atom stereocenters. The van der Waals surface area contributed by atoms with E-state index in [0.29, 0.717) is 12.2 Å². The van der Waals surface area contributed by atoms with Crippen molar-refractivity contribution in [1.82, 2.24) is 0 Å². The molecule has 104 valence electrons. The second-order valence-corrected chi connectivity index (χ2v) is 7.41. The first-order chi connectivity index (χ1) is 8.94. The number of esters is 1. The molecule has 2 rings (SSSR count). The van der Waals surface area contributed by atoms with E-state index >= 15 is 0 Å². The van der Waals surface area contributed by atoms with E-state index in [4.69, 9.17) is 9.47 Å². The summed E-state index contributed by atoms with van der Waals surface area (Å²) in [7, 11) is -3.04. The predicted molar refractivity (Wildman–Crippen MR) is 72.8 cm³/mol. The lowest BCUT2D eigenvalue weighted by molar-refractivity contribution is -0.150. The number of hydrogen-bond acceptors (Lipinski definition) is 5. The van der Waals surface area contributed by atoms with Crippen molar-refractivity contribution < 1.29 is 22.7 Å². The van der Waals surface area contributed by atoms with Crippen molar-refractivity contribution in [3.05, 3.63) is 28.7 Å². The second-order valence-electron chi connectivity index (χ2n) is 4.26. The standard InChI is InChI=1S/C12H13BrO5S/c13-9-2-1-3-10(6-9)17-7-12(14)18-11-4-5-19(15,16)8-11/h1-3,6,11H,4-5,7-8H2. The summed E-state index contributed by atoms with van der Waals surface area (Å²) in [4.78, 5) is 11.5. The zero-order valence-corrected chi connectivity index (χ0v) is 12.4. The second kappa shape index (κ2) is 5.92. The van der Waals surface area contributed by atoms with Crippen LogP contribution < -0.4 is 4.74 Å². The summed E-state index contributed by atoms with van der Waals surface area (Å²) in [5.74, 6) is -0.0139. The Morgan fingerprint density at radius 2 is 2.21 bits per heavy atom. The Bertz CT molecular complexity index is 569. The Kier molecular flexibility index (Phi) is 4.46. The highest BCUT2D eigenvalue weighted by molar-refractivity contribution is 9.10. The van der Waals surface area contributed by atoms with Crippen molar-refractivity contribution in [2.24, 2.45) is 0 Å². The normalized spacial score (nSPS) is 21.0. The van der Waals surface area contributed by atoms with Gasteiger partial charge in [-0.15, -0.1) is 0 Å². The number of carbonyl (C=O) groups is 1. The zero-order chi connectivity index (χ0) is 13.9. The van der Waals surface area contributed by atoms with Gasteiger partial charge in [0.2, 0.25) is 0 Å².